The fourth-order valence-corrected chi connectivity index (χ4v) is 0.958. The molecule has 1 unspecified atom stereocenters. The molecular formula is C8H6F4O. The highest BCUT2D eigenvalue weighted by Crippen LogP contribution is 2.24. The standard InChI is InChI=1S/C8H6F4O/c1-3(13)6-7(11)4(9)2-5(10)8(6)12/h2-3,13H,1H3. The monoisotopic (exact) mass is 194 g/mol. The van der Waals surface area contributed by atoms with E-state index in [4.69, 9.17) is 5.11 Å². The van der Waals surface area contributed by atoms with Gasteiger partial charge in [0.25, 0.3) is 0 Å². The predicted molar refractivity (Wildman–Crippen MR) is 36.9 cm³/mol. The van der Waals surface area contributed by atoms with Crippen LogP contribution in [0.25, 0.3) is 0 Å². The van der Waals surface area contributed by atoms with Gasteiger partial charge in [0.2, 0.25) is 0 Å². The lowest BCUT2D eigenvalue weighted by Gasteiger charge is -2.08. The van der Waals surface area contributed by atoms with Crippen molar-refractivity contribution in [3.05, 3.63) is 34.9 Å². The highest BCUT2D eigenvalue weighted by molar-refractivity contribution is 5.24. The molecule has 5 heteroatoms. The summed E-state index contributed by atoms with van der Waals surface area (Å²) in [4.78, 5) is 0. The van der Waals surface area contributed by atoms with Crippen LogP contribution in [0.5, 0.6) is 0 Å². The lowest BCUT2D eigenvalue weighted by Crippen LogP contribution is -2.05. The molecule has 0 spiro atoms. The second-order valence-electron chi connectivity index (χ2n) is 2.56. The third kappa shape index (κ3) is 1.65. The highest BCUT2D eigenvalue weighted by atomic mass is 19.2. The molecule has 0 radical (unpaired) electrons. The van der Waals surface area contributed by atoms with E-state index < -0.39 is 34.9 Å². The van der Waals surface area contributed by atoms with Crippen molar-refractivity contribution in [2.24, 2.45) is 0 Å². The summed E-state index contributed by atoms with van der Waals surface area (Å²) in [5.41, 5.74) is -0.988. The first-order valence-electron chi connectivity index (χ1n) is 3.46. The Balaban J connectivity index is 3.46. The summed E-state index contributed by atoms with van der Waals surface area (Å²) >= 11 is 0. The van der Waals surface area contributed by atoms with Gasteiger partial charge in [0, 0.05) is 6.07 Å². The minimum absolute atomic E-state index is 0.0938. The van der Waals surface area contributed by atoms with E-state index in [-0.39, 0.29) is 6.07 Å². The summed E-state index contributed by atoms with van der Waals surface area (Å²) in [5.74, 6) is -6.16. The predicted octanol–water partition coefficient (Wildman–Crippen LogP) is 2.30. The molecule has 0 aliphatic rings. The number of hydrogen-bond donors (Lipinski definition) is 1. The van der Waals surface area contributed by atoms with Crippen molar-refractivity contribution in [2.75, 3.05) is 0 Å². The van der Waals surface area contributed by atoms with E-state index in [2.05, 4.69) is 0 Å². The molecule has 0 amide bonds. The normalized spacial score (nSPS) is 13.1. The van der Waals surface area contributed by atoms with Crippen molar-refractivity contribution >= 4 is 0 Å². The van der Waals surface area contributed by atoms with E-state index in [0.29, 0.717) is 0 Å². The Morgan fingerprint density at radius 2 is 1.46 bits per heavy atom. The van der Waals surface area contributed by atoms with Gasteiger partial charge < -0.3 is 5.11 Å². The molecule has 13 heavy (non-hydrogen) atoms. The molecular weight excluding hydrogens is 188 g/mol. The molecule has 0 heterocycles. The van der Waals surface area contributed by atoms with Gasteiger partial charge in [-0.3, -0.25) is 0 Å². The summed E-state index contributed by atoms with van der Waals surface area (Å²) in [5, 5.41) is 8.82. The molecule has 1 aromatic rings. The molecule has 72 valence electrons. The zero-order valence-corrected chi connectivity index (χ0v) is 6.61. The van der Waals surface area contributed by atoms with E-state index in [1.165, 1.54) is 0 Å². The molecule has 0 aliphatic carbocycles. The fourth-order valence-electron chi connectivity index (χ4n) is 0.958. The second kappa shape index (κ2) is 3.33. The molecule has 1 atom stereocenters. The van der Waals surface area contributed by atoms with Gasteiger partial charge in [0.15, 0.2) is 23.3 Å². The smallest absolute Gasteiger partial charge is 0.167 e. The summed E-state index contributed by atoms with van der Waals surface area (Å²) in [6.07, 6.45) is -1.59. The first-order chi connectivity index (χ1) is 5.95. The molecule has 0 bridgehead atoms. The first kappa shape index (κ1) is 9.98. The average molecular weight is 194 g/mol. The molecule has 0 fully saturated rings. The number of aliphatic hydroxyl groups is 1. The third-order valence-electron chi connectivity index (χ3n) is 1.56. The Labute approximate surface area is 71.6 Å². The van der Waals surface area contributed by atoms with Crippen LogP contribution < -0.4 is 0 Å². The maximum Gasteiger partial charge on any atom is 0.167 e. The lowest BCUT2D eigenvalue weighted by atomic mass is 10.1. The largest absolute Gasteiger partial charge is 0.388 e. The van der Waals surface area contributed by atoms with Crippen LogP contribution in [0.2, 0.25) is 0 Å². The molecule has 0 saturated heterocycles. The fraction of sp³-hybridized carbons (Fsp3) is 0.250. The summed E-state index contributed by atoms with van der Waals surface area (Å²) in [7, 11) is 0. The quantitative estimate of drug-likeness (QED) is 0.537. The van der Waals surface area contributed by atoms with E-state index in [0.717, 1.165) is 6.92 Å². The minimum Gasteiger partial charge on any atom is -0.388 e. The van der Waals surface area contributed by atoms with E-state index in [1.807, 2.05) is 0 Å². The molecule has 1 aromatic carbocycles. The van der Waals surface area contributed by atoms with Crippen LogP contribution in [0, 0.1) is 23.3 Å². The van der Waals surface area contributed by atoms with Gasteiger partial charge in [-0.15, -0.1) is 0 Å². The Kier molecular flexibility index (Phi) is 2.56. The van der Waals surface area contributed by atoms with Crippen LogP contribution in [0.15, 0.2) is 6.07 Å². The number of benzene rings is 1. The van der Waals surface area contributed by atoms with Gasteiger partial charge >= 0.3 is 0 Å². The van der Waals surface area contributed by atoms with Crippen LogP contribution in [0.3, 0.4) is 0 Å². The van der Waals surface area contributed by atoms with Crippen LogP contribution >= 0.6 is 0 Å². The summed E-state index contributed by atoms with van der Waals surface area (Å²) in [6, 6.07) is 0.0938. The van der Waals surface area contributed by atoms with Crippen LogP contribution in [-0.4, -0.2) is 5.11 Å². The number of aliphatic hydroxyl groups excluding tert-OH is 1. The maximum absolute atomic E-state index is 12.8. The Morgan fingerprint density at radius 1 is 1.08 bits per heavy atom. The summed E-state index contributed by atoms with van der Waals surface area (Å²) < 4.78 is 50.5. The SMILES string of the molecule is CC(O)c1c(F)c(F)cc(F)c1F. The van der Waals surface area contributed by atoms with Gasteiger partial charge in [-0.2, -0.15) is 0 Å². The number of hydrogen-bond acceptors (Lipinski definition) is 1. The van der Waals surface area contributed by atoms with Crippen molar-refractivity contribution in [2.45, 2.75) is 13.0 Å². The summed E-state index contributed by atoms with van der Waals surface area (Å²) in [6.45, 7) is 1.01. The van der Waals surface area contributed by atoms with E-state index in [1.54, 1.807) is 0 Å². The van der Waals surface area contributed by atoms with Gasteiger partial charge in [-0.1, -0.05) is 0 Å². The van der Waals surface area contributed by atoms with Gasteiger partial charge in [0.1, 0.15) is 0 Å². The van der Waals surface area contributed by atoms with Gasteiger partial charge in [0.05, 0.1) is 11.7 Å². The van der Waals surface area contributed by atoms with Crippen LogP contribution in [0.4, 0.5) is 17.6 Å². The third-order valence-corrected chi connectivity index (χ3v) is 1.56. The van der Waals surface area contributed by atoms with Crippen LogP contribution in [0.1, 0.15) is 18.6 Å². The maximum atomic E-state index is 12.8. The Hall–Kier alpha value is -1.10. The van der Waals surface area contributed by atoms with Gasteiger partial charge in [-0.25, -0.2) is 17.6 Å². The molecule has 1 rings (SSSR count). The Morgan fingerprint density at radius 3 is 1.77 bits per heavy atom. The molecule has 0 saturated carbocycles. The average Bonchev–Trinajstić information content (AvgIpc) is 2.01. The zero-order valence-electron chi connectivity index (χ0n) is 6.61. The topological polar surface area (TPSA) is 20.2 Å². The Bertz CT molecular complexity index is 309. The van der Waals surface area contributed by atoms with Crippen molar-refractivity contribution < 1.29 is 22.7 Å². The van der Waals surface area contributed by atoms with Crippen molar-refractivity contribution in [1.82, 2.24) is 0 Å². The van der Waals surface area contributed by atoms with Gasteiger partial charge in [-0.05, 0) is 6.92 Å². The molecule has 0 aromatic heterocycles. The number of halogens is 4. The molecule has 0 aliphatic heterocycles. The number of rotatable bonds is 1. The van der Waals surface area contributed by atoms with Crippen molar-refractivity contribution in [3.63, 3.8) is 0 Å². The lowest BCUT2D eigenvalue weighted by molar-refractivity contribution is 0.185. The van der Waals surface area contributed by atoms with Crippen molar-refractivity contribution in [1.29, 1.82) is 0 Å². The zero-order chi connectivity index (χ0) is 10.2. The van der Waals surface area contributed by atoms with Crippen molar-refractivity contribution in [3.8, 4) is 0 Å². The van der Waals surface area contributed by atoms with E-state index in [9.17, 15) is 17.6 Å². The molecule has 1 nitrogen and oxygen atoms in total. The first-order valence-corrected chi connectivity index (χ1v) is 3.46. The van der Waals surface area contributed by atoms with E-state index >= 15 is 0 Å². The second-order valence-corrected chi connectivity index (χ2v) is 2.56. The minimum atomic E-state index is -1.59. The highest BCUT2D eigenvalue weighted by Gasteiger charge is 2.21. The van der Waals surface area contributed by atoms with Crippen LogP contribution in [-0.2, 0) is 0 Å². The molecule has 1 N–H and O–H groups in total.